The van der Waals surface area contributed by atoms with Gasteiger partial charge in [0.05, 0.1) is 5.92 Å². The Kier molecular flexibility index (Phi) is 4.21. The maximum Gasteiger partial charge on any atom is 0.308 e. The van der Waals surface area contributed by atoms with Crippen molar-refractivity contribution < 1.29 is 14.3 Å². The lowest BCUT2D eigenvalue weighted by Gasteiger charge is -2.31. The van der Waals surface area contributed by atoms with Crippen LogP contribution in [0, 0.1) is 11.7 Å². The van der Waals surface area contributed by atoms with Crippen LogP contribution < -0.4 is 0 Å². The van der Waals surface area contributed by atoms with Crippen LogP contribution in [0.4, 0.5) is 4.39 Å². The van der Waals surface area contributed by atoms with Gasteiger partial charge in [0.1, 0.15) is 5.82 Å². The van der Waals surface area contributed by atoms with Gasteiger partial charge in [-0.1, -0.05) is 15.9 Å². The Labute approximate surface area is 126 Å². The Bertz CT molecular complexity index is 527. The normalized spacial score (nSPS) is 24.1. The Hall–Kier alpha value is -0.940. The van der Waals surface area contributed by atoms with Gasteiger partial charge >= 0.3 is 5.97 Å². The van der Waals surface area contributed by atoms with Crippen LogP contribution in [0.1, 0.15) is 32.3 Å². The Balaban J connectivity index is 2.38. The van der Waals surface area contributed by atoms with Crippen LogP contribution in [-0.4, -0.2) is 34.6 Å². The lowest BCUT2D eigenvalue weighted by Crippen LogP contribution is -2.40. The average Bonchev–Trinajstić information content (AvgIpc) is 2.77. The van der Waals surface area contributed by atoms with Crippen molar-refractivity contribution >= 4 is 21.9 Å². The number of carboxylic acids is 1. The molecule has 0 unspecified atom stereocenters. The molecule has 20 heavy (non-hydrogen) atoms. The van der Waals surface area contributed by atoms with E-state index >= 15 is 0 Å². The highest BCUT2D eigenvalue weighted by Crippen LogP contribution is 2.39. The Morgan fingerprint density at radius 3 is 2.60 bits per heavy atom. The first kappa shape index (κ1) is 15.4. The van der Waals surface area contributed by atoms with E-state index in [1.54, 1.807) is 6.07 Å². The van der Waals surface area contributed by atoms with Crippen molar-refractivity contribution in [2.45, 2.75) is 32.2 Å². The summed E-state index contributed by atoms with van der Waals surface area (Å²) in [5.41, 5.74) is 0.645. The van der Waals surface area contributed by atoms with E-state index < -0.39 is 11.9 Å². The van der Waals surface area contributed by atoms with Crippen LogP contribution in [0.25, 0.3) is 0 Å². The fourth-order valence-electron chi connectivity index (χ4n) is 2.72. The number of aliphatic carboxylic acids is 1. The molecule has 1 aromatic carbocycles. The lowest BCUT2D eigenvalue weighted by atomic mass is 9.89. The molecular formula is C15H19BrFNO2. The molecule has 2 atom stereocenters. The minimum atomic E-state index is -0.821. The van der Waals surface area contributed by atoms with Crippen molar-refractivity contribution in [2.24, 2.45) is 5.92 Å². The van der Waals surface area contributed by atoms with E-state index in [0.717, 1.165) is 10.0 Å². The van der Waals surface area contributed by atoms with E-state index in [-0.39, 0.29) is 17.3 Å². The highest BCUT2D eigenvalue weighted by atomic mass is 79.9. The van der Waals surface area contributed by atoms with Crippen LogP contribution in [0.15, 0.2) is 22.7 Å². The van der Waals surface area contributed by atoms with Gasteiger partial charge in [-0.05, 0) is 44.5 Å². The Morgan fingerprint density at radius 1 is 1.40 bits per heavy atom. The predicted octanol–water partition coefficient (Wildman–Crippen LogP) is 3.49. The highest BCUT2D eigenvalue weighted by Gasteiger charge is 2.42. The monoisotopic (exact) mass is 343 g/mol. The molecule has 0 aromatic heterocycles. The number of benzene rings is 1. The molecule has 1 N–H and O–H groups in total. The molecule has 1 saturated heterocycles. The zero-order valence-electron chi connectivity index (χ0n) is 11.9. The number of halogens is 2. The molecule has 0 bridgehead atoms. The zero-order chi connectivity index (χ0) is 15.1. The van der Waals surface area contributed by atoms with Gasteiger partial charge in [-0.15, -0.1) is 0 Å². The predicted molar refractivity (Wildman–Crippen MR) is 79.3 cm³/mol. The fourth-order valence-corrected chi connectivity index (χ4v) is 3.26. The highest BCUT2D eigenvalue weighted by molar-refractivity contribution is 9.10. The third kappa shape index (κ3) is 3.04. The van der Waals surface area contributed by atoms with Crippen molar-refractivity contribution in [3.05, 3.63) is 34.1 Å². The third-order valence-corrected chi connectivity index (χ3v) is 4.67. The maximum absolute atomic E-state index is 13.5. The largest absolute Gasteiger partial charge is 0.481 e. The van der Waals surface area contributed by atoms with Crippen molar-refractivity contribution in [1.82, 2.24) is 4.90 Å². The zero-order valence-corrected chi connectivity index (χ0v) is 13.4. The first-order valence-electron chi connectivity index (χ1n) is 6.63. The van der Waals surface area contributed by atoms with E-state index in [1.807, 2.05) is 0 Å². The number of carbonyl (C=O) groups is 1. The number of hydrogen-bond donors (Lipinski definition) is 1. The molecule has 0 radical (unpaired) electrons. The van der Waals surface area contributed by atoms with E-state index in [9.17, 15) is 14.3 Å². The van der Waals surface area contributed by atoms with Crippen molar-refractivity contribution in [1.29, 1.82) is 0 Å². The summed E-state index contributed by atoms with van der Waals surface area (Å²) in [5, 5.41) is 9.45. The molecule has 0 amide bonds. The standard InChI is InChI=1S/C15H19BrFNO2/c1-15(2,3)18-7-11(12(8-18)14(19)20)10-6-9(17)4-5-13(10)16/h4-6,11-12H,7-8H2,1-3H3,(H,19,20)/t11-,12+/m0/s1. The molecule has 2 rings (SSSR count). The molecule has 3 nitrogen and oxygen atoms in total. The average molecular weight is 344 g/mol. The Morgan fingerprint density at radius 2 is 2.05 bits per heavy atom. The smallest absolute Gasteiger partial charge is 0.308 e. The second-order valence-electron chi connectivity index (χ2n) is 6.29. The van der Waals surface area contributed by atoms with Gasteiger partial charge in [0.2, 0.25) is 0 Å². The lowest BCUT2D eigenvalue weighted by molar-refractivity contribution is -0.141. The van der Waals surface area contributed by atoms with E-state index in [2.05, 4.69) is 41.6 Å². The van der Waals surface area contributed by atoms with Crippen LogP contribution in [-0.2, 0) is 4.79 Å². The van der Waals surface area contributed by atoms with Crippen molar-refractivity contribution in [3.63, 3.8) is 0 Å². The topological polar surface area (TPSA) is 40.5 Å². The number of nitrogens with zero attached hydrogens (tertiary/aromatic N) is 1. The summed E-state index contributed by atoms with van der Waals surface area (Å²) in [4.78, 5) is 13.7. The van der Waals surface area contributed by atoms with Gasteiger partial charge in [-0.25, -0.2) is 4.39 Å². The fraction of sp³-hybridized carbons (Fsp3) is 0.533. The summed E-state index contributed by atoms with van der Waals surface area (Å²) in [6, 6.07) is 4.46. The van der Waals surface area contributed by atoms with Crippen molar-refractivity contribution in [2.75, 3.05) is 13.1 Å². The molecule has 0 saturated carbocycles. The number of likely N-dealkylation sites (tertiary alicyclic amines) is 1. The molecule has 110 valence electrons. The van der Waals surface area contributed by atoms with E-state index in [1.165, 1.54) is 12.1 Å². The molecule has 0 spiro atoms. The second kappa shape index (κ2) is 5.45. The molecule has 1 fully saturated rings. The van der Waals surface area contributed by atoms with Gasteiger partial charge in [-0.2, -0.15) is 0 Å². The van der Waals surface area contributed by atoms with E-state index in [0.29, 0.717) is 13.1 Å². The summed E-state index contributed by atoms with van der Waals surface area (Å²) in [6.45, 7) is 7.31. The van der Waals surface area contributed by atoms with Crippen LogP contribution in [0.3, 0.4) is 0 Å². The first-order valence-corrected chi connectivity index (χ1v) is 7.42. The van der Waals surface area contributed by atoms with Crippen LogP contribution in [0.5, 0.6) is 0 Å². The molecule has 0 aliphatic carbocycles. The molecule has 5 heteroatoms. The first-order chi connectivity index (χ1) is 9.20. The van der Waals surface area contributed by atoms with Crippen LogP contribution in [0.2, 0.25) is 0 Å². The second-order valence-corrected chi connectivity index (χ2v) is 7.15. The van der Waals surface area contributed by atoms with Gasteiger partial charge in [0.15, 0.2) is 0 Å². The summed E-state index contributed by atoms with van der Waals surface area (Å²) in [7, 11) is 0. The number of hydrogen-bond acceptors (Lipinski definition) is 2. The van der Waals surface area contributed by atoms with Crippen LogP contribution >= 0.6 is 15.9 Å². The molecule has 1 aliphatic heterocycles. The van der Waals surface area contributed by atoms with Gasteiger partial charge < -0.3 is 5.11 Å². The maximum atomic E-state index is 13.5. The summed E-state index contributed by atoms with van der Waals surface area (Å²) < 4.78 is 14.2. The molecule has 1 heterocycles. The van der Waals surface area contributed by atoms with Gasteiger partial charge in [0.25, 0.3) is 0 Å². The van der Waals surface area contributed by atoms with Gasteiger partial charge in [-0.3, -0.25) is 9.69 Å². The number of rotatable bonds is 2. The number of carboxylic acid groups (broad SMARTS) is 1. The molecular weight excluding hydrogens is 325 g/mol. The van der Waals surface area contributed by atoms with E-state index in [4.69, 9.17) is 0 Å². The van der Waals surface area contributed by atoms with Crippen molar-refractivity contribution in [3.8, 4) is 0 Å². The SMILES string of the molecule is CC(C)(C)N1C[C@@H](C(=O)O)[C@H](c2cc(F)ccc2Br)C1. The minimum absolute atomic E-state index is 0.0950. The molecule has 1 aromatic rings. The summed E-state index contributed by atoms with van der Waals surface area (Å²) in [5.74, 6) is -1.86. The summed E-state index contributed by atoms with van der Waals surface area (Å²) in [6.07, 6.45) is 0. The third-order valence-electron chi connectivity index (χ3n) is 3.94. The quantitative estimate of drug-likeness (QED) is 0.893. The summed E-state index contributed by atoms with van der Waals surface area (Å²) >= 11 is 3.41. The van der Waals surface area contributed by atoms with Gasteiger partial charge in [0, 0.05) is 29.0 Å². The minimum Gasteiger partial charge on any atom is -0.481 e. The molecule has 1 aliphatic rings.